The largest absolute Gasteiger partial charge is 0.308 e. The van der Waals surface area contributed by atoms with E-state index in [1.165, 1.54) is 0 Å². The zero-order chi connectivity index (χ0) is 15.1. The van der Waals surface area contributed by atoms with E-state index < -0.39 is 0 Å². The Hall–Kier alpha value is -1.91. The number of para-hydroxylation sites is 1. The van der Waals surface area contributed by atoms with E-state index >= 15 is 0 Å². The van der Waals surface area contributed by atoms with Gasteiger partial charge in [0, 0.05) is 24.9 Å². The van der Waals surface area contributed by atoms with Crippen molar-refractivity contribution in [1.29, 1.82) is 0 Å². The number of benzene rings is 1. The maximum atomic E-state index is 12.5. The molecule has 0 saturated carbocycles. The molecule has 0 aliphatic carbocycles. The fraction of sp³-hybridized carbons (Fsp3) is 0.235. The quantitative estimate of drug-likeness (QED) is 0.764. The summed E-state index contributed by atoms with van der Waals surface area (Å²) in [5.74, 6) is 0.00856. The van der Waals surface area contributed by atoms with Gasteiger partial charge in [0.25, 0.3) is 5.91 Å². The summed E-state index contributed by atoms with van der Waals surface area (Å²) in [4.78, 5) is 16.4. The number of carbonyl (C=O) groups excluding carboxylic acids is 1. The van der Waals surface area contributed by atoms with Crippen molar-refractivity contribution in [3.8, 4) is 0 Å². The molecular weight excluding hydrogens is 280 g/mol. The lowest BCUT2D eigenvalue weighted by molar-refractivity contribution is -0.114. The first-order valence-corrected chi connectivity index (χ1v) is 7.82. The Morgan fingerprint density at radius 3 is 2.52 bits per heavy atom. The Labute approximate surface area is 130 Å². The predicted molar refractivity (Wildman–Crippen MR) is 90.7 cm³/mol. The number of hydrogen-bond donors (Lipinski definition) is 0. The number of rotatable bonds is 6. The molecule has 0 fully saturated rings. The van der Waals surface area contributed by atoms with Gasteiger partial charge in [0.1, 0.15) is 0 Å². The van der Waals surface area contributed by atoms with Crippen LogP contribution in [-0.2, 0) is 4.79 Å². The smallest absolute Gasteiger partial charge is 0.251 e. The van der Waals surface area contributed by atoms with Crippen molar-refractivity contribution >= 4 is 29.0 Å². The van der Waals surface area contributed by atoms with E-state index in [1.807, 2.05) is 72.2 Å². The molecule has 0 N–H and O–H groups in total. The van der Waals surface area contributed by atoms with Crippen LogP contribution in [0.1, 0.15) is 5.56 Å². The summed E-state index contributed by atoms with van der Waals surface area (Å²) in [6.45, 7) is 1.50. The van der Waals surface area contributed by atoms with Crippen molar-refractivity contribution in [3.63, 3.8) is 0 Å². The number of carbonyl (C=O) groups is 1. The minimum Gasteiger partial charge on any atom is -0.308 e. The van der Waals surface area contributed by atoms with Crippen LogP contribution >= 0.6 is 11.3 Å². The molecule has 0 unspecified atom stereocenters. The maximum absolute atomic E-state index is 12.5. The van der Waals surface area contributed by atoms with E-state index in [4.69, 9.17) is 0 Å². The first-order valence-electron chi connectivity index (χ1n) is 6.88. The third-order valence-corrected chi connectivity index (χ3v) is 3.77. The Morgan fingerprint density at radius 2 is 1.90 bits per heavy atom. The highest BCUT2D eigenvalue weighted by Crippen LogP contribution is 2.15. The molecule has 0 saturated heterocycles. The molecule has 0 radical (unpaired) electrons. The fourth-order valence-electron chi connectivity index (χ4n) is 1.90. The zero-order valence-corrected chi connectivity index (χ0v) is 13.2. The monoisotopic (exact) mass is 300 g/mol. The molecule has 4 heteroatoms. The second-order valence-electron chi connectivity index (χ2n) is 5.02. The van der Waals surface area contributed by atoms with Gasteiger partial charge in [0.2, 0.25) is 0 Å². The van der Waals surface area contributed by atoms with Crippen LogP contribution in [0.15, 0.2) is 53.2 Å². The van der Waals surface area contributed by atoms with Crippen molar-refractivity contribution in [2.45, 2.75) is 0 Å². The van der Waals surface area contributed by atoms with Crippen molar-refractivity contribution in [2.75, 3.05) is 32.1 Å². The van der Waals surface area contributed by atoms with Crippen molar-refractivity contribution in [2.24, 2.45) is 0 Å². The molecule has 0 aliphatic rings. The lowest BCUT2D eigenvalue weighted by atomic mass is 10.2. The first-order chi connectivity index (χ1) is 10.2. The molecule has 21 heavy (non-hydrogen) atoms. The topological polar surface area (TPSA) is 23.6 Å². The molecular formula is C17H20N2OS. The van der Waals surface area contributed by atoms with E-state index in [0.717, 1.165) is 17.8 Å². The van der Waals surface area contributed by atoms with Gasteiger partial charge in [-0.15, -0.1) is 0 Å². The average Bonchev–Trinajstić information content (AvgIpc) is 2.99. The summed E-state index contributed by atoms with van der Waals surface area (Å²) in [6, 6.07) is 11.8. The highest BCUT2D eigenvalue weighted by atomic mass is 32.1. The minimum atomic E-state index is 0.00856. The van der Waals surface area contributed by atoms with Crippen molar-refractivity contribution in [3.05, 3.63) is 58.8 Å². The van der Waals surface area contributed by atoms with Crippen LogP contribution < -0.4 is 4.90 Å². The summed E-state index contributed by atoms with van der Waals surface area (Å²) in [5.41, 5.74) is 1.99. The van der Waals surface area contributed by atoms with Crippen LogP contribution in [0.4, 0.5) is 5.69 Å². The second kappa shape index (κ2) is 7.76. The standard InChI is InChI=1S/C17H20N2OS/c1-18(2)11-12-19(16-6-4-3-5-7-16)17(20)9-8-15-10-13-21-14-15/h3-10,13-14H,11-12H2,1-2H3/b9-8+. The van der Waals surface area contributed by atoms with Crippen LogP contribution in [0.5, 0.6) is 0 Å². The molecule has 2 rings (SSSR count). The van der Waals surface area contributed by atoms with E-state index in [9.17, 15) is 4.79 Å². The Kier molecular flexibility index (Phi) is 5.72. The van der Waals surface area contributed by atoms with Gasteiger partial charge in [-0.2, -0.15) is 11.3 Å². The average molecular weight is 300 g/mol. The van der Waals surface area contributed by atoms with Gasteiger partial charge in [-0.25, -0.2) is 0 Å². The van der Waals surface area contributed by atoms with E-state index in [-0.39, 0.29) is 5.91 Å². The normalized spacial score (nSPS) is 11.2. The van der Waals surface area contributed by atoms with Gasteiger partial charge in [0.15, 0.2) is 0 Å². The molecule has 0 spiro atoms. The Bertz CT molecular complexity index is 576. The lowest BCUT2D eigenvalue weighted by Crippen LogP contribution is -2.35. The number of amides is 1. The van der Waals surface area contributed by atoms with Crippen LogP contribution in [-0.4, -0.2) is 38.0 Å². The third kappa shape index (κ3) is 4.85. The third-order valence-electron chi connectivity index (χ3n) is 3.07. The van der Waals surface area contributed by atoms with Crippen LogP contribution in [0.2, 0.25) is 0 Å². The molecule has 0 atom stereocenters. The minimum absolute atomic E-state index is 0.00856. The first kappa shape index (κ1) is 15.5. The molecule has 0 aliphatic heterocycles. The fourth-order valence-corrected chi connectivity index (χ4v) is 2.53. The summed E-state index contributed by atoms with van der Waals surface area (Å²) in [6.07, 6.45) is 3.51. The zero-order valence-electron chi connectivity index (χ0n) is 12.4. The van der Waals surface area contributed by atoms with Gasteiger partial charge in [-0.05, 0) is 54.7 Å². The number of hydrogen-bond acceptors (Lipinski definition) is 3. The molecule has 0 bridgehead atoms. The van der Waals surface area contributed by atoms with E-state index in [2.05, 4.69) is 4.90 Å². The van der Waals surface area contributed by atoms with Crippen LogP contribution in [0.25, 0.3) is 6.08 Å². The van der Waals surface area contributed by atoms with Gasteiger partial charge >= 0.3 is 0 Å². The summed E-state index contributed by atoms with van der Waals surface area (Å²) >= 11 is 1.63. The molecule has 1 aromatic heterocycles. The van der Waals surface area contributed by atoms with E-state index in [1.54, 1.807) is 17.4 Å². The van der Waals surface area contributed by atoms with Crippen molar-refractivity contribution in [1.82, 2.24) is 4.90 Å². The van der Waals surface area contributed by atoms with Gasteiger partial charge < -0.3 is 9.80 Å². The second-order valence-corrected chi connectivity index (χ2v) is 5.80. The molecule has 1 aromatic carbocycles. The summed E-state index contributed by atoms with van der Waals surface area (Å²) < 4.78 is 0. The summed E-state index contributed by atoms with van der Waals surface area (Å²) in [7, 11) is 4.02. The molecule has 3 nitrogen and oxygen atoms in total. The maximum Gasteiger partial charge on any atom is 0.251 e. The molecule has 1 amide bonds. The predicted octanol–water partition coefficient (Wildman–Crippen LogP) is 3.36. The summed E-state index contributed by atoms with van der Waals surface area (Å²) in [5, 5.41) is 4.03. The van der Waals surface area contributed by atoms with Crippen LogP contribution in [0.3, 0.4) is 0 Å². The number of likely N-dealkylation sites (N-methyl/N-ethyl adjacent to an activating group) is 1. The van der Waals surface area contributed by atoms with Crippen molar-refractivity contribution < 1.29 is 4.79 Å². The molecule has 110 valence electrons. The Balaban J connectivity index is 2.12. The van der Waals surface area contributed by atoms with Crippen LogP contribution in [0, 0.1) is 0 Å². The highest BCUT2D eigenvalue weighted by molar-refractivity contribution is 7.08. The SMILES string of the molecule is CN(C)CCN(C(=O)/C=C/c1ccsc1)c1ccccc1. The lowest BCUT2D eigenvalue weighted by Gasteiger charge is -2.23. The number of anilines is 1. The molecule has 1 heterocycles. The van der Waals surface area contributed by atoms with Gasteiger partial charge in [-0.3, -0.25) is 4.79 Å². The van der Waals surface area contributed by atoms with Gasteiger partial charge in [0.05, 0.1) is 0 Å². The van der Waals surface area contributed by atoms with E-state index in [0.29, 0.717) is 6.54 Å². The number of thiophene rings is 1. The molecule has 2 aromatic rings. The van der Waals surface area contributed by atoms with Gasteiger partial charge in [-0.1, -0.05) is 18.2 Å². The number of nitrogens with zero attached hydrogens (tertiary/aromatic N) is 2. The highest BCUT2D eigenvalue weighted by Gasteiger charge is 2.12. The Morgan fingerprint density at radius 1 is 1.14 bits per heavy atom.